The zero-order chi connectivity index (χ0) is 80.8. The molecule has 0 fully saturated rings. The van der Waals surface area contributed by atoms with Crippen molar-refractivity contribution in [3.05, 3.63) is 393 Å². The van der Waals surface area contributed by atoms with Gasteiger partial charge in [-0.25, -0.2) is 0 Å². The number of hydrogen-bond acceptors (Lipinski definition) is 0. The number of halogens is 4. The van der Waals surface area contributed by atoms with E-state index < -0.39 is 41.7 Å². The third-order valence-corrected chi connectivity index (χ3v) is 25.8. The summed E-state index contributed by atoms with van der Waals surface area (Å²) in [6.07, 6.45) is 25.1. The Hall–Kier alpha value is -3.65. The van der Waals surface area contributed by atoms with Crippen LogP contribution in [0.1, 0.15) is 268 Å². The smallest absolute Gasteiger partial charge is 4.00 e. The van der Waals surface area contributed by atoms with Crippen molar-refractivity contribution in [3.8, 4) is 0 Å². The Kier molecular flexibility index (Phi) is 73.0. The fourth-order valence-electron chi connectivity index (χ4n) is 17.1. The van der Waals surface area contributed by atoms with Crippen LogP contribution in [0.4, 0.5) is 0 Å². The molecular weight excluding hydrogens is 2070 g/mol. The average molecular weight is 2240 g/mol. The van der Waals surface area contributed by atoms with Crippen LogP contribution in [0.25, 0.3) is 65.4 Å². The predicted molar refractivity (Wildman–Crippen MR) is 566 cm³/mol. The van der Waals surface area contributed by atoms with E-state index in [2.05, 4.69) is 342 Å². The van der Waals surface area contributed by atoms with Crippen LogP contribution in [0.3, 0.4) is 0 Å². The van der Waals surface area contributed by atoms with Gasteiger partial charge in [0.1, 0.15) is 0 Å². The van der Waals surface area contributed by atoms with Crippen LogP contribution < -0.4 is 0 Å². The van der Waals surface area contributed by atoms with Crippen molar-refractivity contribution in [2.45, 2.75) is 243 Å². The summed E-state index contributed by atoms with van der Waals surface area (Å²) in [5, 5.41) is 11.2. The Balaban J connectivity index is -0.000000204. The molecule has 8 aromatic carbocycles. The molecule has 0 amide bonds. The third kappa shape index (κ3) is 33.6. The first-order valence-corrected chi connectivity index (χ1v) is 53.5. The van der Waals surface area contributed by atoms with E-state index in [4.69, 9.17) is 34.1 Å². The summed E-state index contributed by atoms with van der Waals surface area (Å²) in [4.78, 5) is 0. The van der Waals surface area contributed by atoms with Gasteiger partial charge in [-0.1, -0.05) is 302 Å². The van der Waals surface area contributed by atoms with Crippen molar-refractivity contribution >= 4 is 99.4 Å². The molecule has 8 aromatic rings. The Labute approximate surface area is 842 Å². The first-order valence-electron chi connectivity index (χ1n) is 40.8. The van der Waals surface area contributed by atoms with Crippen LogP contribution in [0, 0.1) is 113 Å². The van der Waals surface area contributed by atoms with Crippen molar-refractivity contribution in [1.29, 1.82) is 0 Å². The van der Waals surface area contributed by atoms with Gasteiger partial charge in [0, 0.05) is 5.92 Å². The van der Waals surface area contributed by atoms with E-state index in [0.29, 0.717) is 29.6 Å². The van der Waals surface area contributed by atoms with E-state index in [9.17, 15) is 0 Å². The number of fused-ring (bicyclic) bond motifs is 12. The zero-order valence-corrected chi connectivity index (χ0v) is 99.5. The van der Waals surface area contributed by atoms with Crippen LogP contribution in [0.5, 0.6) is 0 Å². The van der Waals surface area contributed by atoms with E-state index in [1.165, 1.54) is 182 Å². The average Bonchev–Trinajstić information content (AvgIpc) is 1.59. The minimum absolute atomic E-state index is 0. The van der Waals surface area contributed by atoms with Gasteiger partial charge in [-0.2, -0.15) is 0 Å². The van der Waals surface area contributed by atoms with Gasteiger partial charge in [0.05, 0.1) is 0 Å². The molecule has 124 heavy (non-hydrogen) atoms. The van der Waals surface area contributed by atoms with Crippen LogP contribution in [0.2, 0.25) is 0 Å². The van der Waals surface area contributed by atoms with Gasteiger partial charge in [-0.3, -0.25) is 0 Å². The van der Waals surface area contributed by atoms with E-state index in [0.717, 1.165) is 32.1 Å². The fourth-order valence-corrected chi connectivity index (χ4v) is 17.1. The van der Waals surface area contributed by atoms with Crippen molar-refractivity contribution < 1.29 is 93.4 Å². The zero-order valence-electron chi connectivity index (χ0n) is 84.4. The Morgan fingerprint density at radius 2 is 0.548 bits per heavy atom. The molecule has 0 N–H and O–H groups in total. The van der Waals surface area contributed by atoms with E-state index in [1.807, 2.05) is 0 Å². The quantitative estimate of drug-likeness (QED) is 0.105. The minimum Gasteiger partial charge on any atom is 4.00 e. The molecule has 0 spiro atoms. The third-order valence-electron chi connectivity index (χ3n) is 25.8. The van der Waals surface area contributed by atoms with Crippen LogP contribution in [-0.2, 0) is 113 Å². The molecule has 0 aliphatic heterocycles. The minimum atomic E-state index is -0.826. The second-order valence-corrected chi connectivity index (χ2v) is 38.8. The van der Waals surface area contributed by atoms with Crippen LogP contribution >= 0.6 is 34.1 Å². The standard InChI is InChI=1S/C19H22.C16H16.2C15H14.3C10H16.C9H14.12CH3.4ClH.2Hf.2Zr/c1-3-7-15-13-16(8-4-2)19-17-10-6-5-9-14(17)11-12-18(15)19;1-2-5-12-9-11-16-14-7-4-3-6-13(14)8-10-15(12)16;2*1-2-11-7-10-15-13-6-4-3-5-12(13)8-9-14(11)15;3*1-6-7(2)9(4)10(5)8(6)3;1-6-5-7(2)9(4)8(6)3;;;;;;;;;;;;;;;;;;;;/h5-6,9-13,16H,3-4,7-8H2,1-2H3;3-4,6-10H,2,5,11H2,1H3;2*3-9H,2,10H2,1H3;3*6H,1-5H3;5-6H,1-4H3;12*1H3;4*1H;;;;/q;;;;;;;;12*-1;;;;;4*+4/p-4. The maximum atomic E-state index is 4.93. The summed E-state index contributed by atoms with van der Waals surface area (Å²) in [5.74, 6) is 3.40. The Morgan fingerprint density at radius 1 is 0.290 bits per heavy atom. The predicted octanol–water partition coefficient (Wildman–Crippen LogP) is 39.9. The molecule has 672 valence electrons. The summed E-state index contributed by atoms with van der Waals surface area (Å²) in [6.45, 7) is 53.7. The largest absolute Gasteiger partial charge is 4.00 e. The van der Waals surface area contributed by atoms with Crippen molar-refractivity contribution in [3.63, 3.8) is 0 Å². The van der Waals surface area contributed by atoms with Gasteiger partial charge in [0.25, 0.3) is 0 Å². The second kappa shape index (κ2) is 66.7. The number of benzene rings is 8. The van der Waals surface area contributed by atoms with Crippen LogP contribution in [-0.4, -0.2) is 0 Å². The van der Waals surface area contributed by atoms with Crippen molar-refractivity contribution in [2.24, 2.45) is 23.7 Å². The summed E-state index contributed by atoms with van der Waals surface area (Å²) in [6, 6.07) is 53.1. The van der Waals surface area contributed by atoms with E-state index in [-0.39, 0.29) is 141 Å². The topological polar surface area (TPSA) is 0 Å². The molecule has 0 saturated carbocycles. The normalized spacial score (nSPS) is 15.2. The molecule has 2 atom stereocenters. The molecule has 8 heteroatoms. The first kappa shape index (κ1) is 136. The monoisotopic (exact) mass is 2240 g/mol. The van der Waals surface area contributed by atoms with Crippen molar-refractivity contribution in [2.75, 3.05) is 0 Å². The number of hydrogen-bond donors (Lipinski definition) is 0. The molecule has 0 aromatic heterocycles. The SMILES string of the molecule is CC1=C(C)C(C)C(C)=C1C.CC1=C(C)C(C)C(C)=C1C.CC1=C(C)C(C)C(C)=C1C.CC1=CC(C)C(C)=C1C.CCC1=CCc2c1ccc1ccccc21.CCC1=CCc2c1ccc1ccccc21.CCCC1=CC(CCC)c2c1ccc1ccccc21.CCCC1=CCc2c1ccc1ccccc21.[CH3-].[CH3-].[CH3-].[CH3-].[CH3-].[CH3-].[CH3-].[CH3-].[CH3-].[CH3-].[CH3-].[CH3-].[Cl][Zr+2][Cl].[Cl][Zr+2][Cl].[Hf+4].[Hf+4]. The van der Waals surface area contributed by atoms with E-state index >= 15 is 0 Å². The van der Waals surface area contributed by atoms with Crippen LogP contribution in [0.15, 0.2) is 260 Å². The molecule has 0 bridgehead atoms. The maximum Gasteiger partial charge on any atom is 4.00 e. The molecule has 16 rings (SSSR count). The summed E-state index contributed by atoms with van der Waals surface area (Å²) in [7, 11) is 19.7. The first-order chi connectivity index (χ1) is 52.7. The van der Waals surface area contributed by atoms with Gasteiger partial charge in [-0.05, 0) is 328 Å². The summed E-state index contributed by atoms with van der Waals surface area (Å²) in [5.41, 5.74) is 41.0. The second-order valence-electron chi connectivity index (χ2n) is 31.4. The number of rotatable bonds is 8. The van der Waals surface area contributed by atoms with Crippen molar-refractivity contribution in [1.82, 2.24) is 0 Å². The molecule has 8 aliphatic carbocycles. The van der Waals surface area contributed by atoms with Gasteiger partial charge in [-0.15, -0.1) is 0 Å². The summed E-state index contributed by atoms with van der Waals surface area (Å²) < 4.78 is 0. The Morgan fingerprint density at radius 3 is 0.790 bits per heavy atom. The Bertz CT molecular complexity index is 4690. The van der Waals surface area contributed by atoms with E-state index in [1.54, 1.807) is 50.1 Å². The molecular formula is C116H164Cl4Hf2Zr2. The molecule has 0 nitrogen and oxygen atoms in total. The molecule has 0 saturated heterocycles. The molecule has 2 unspecified atom stereocenters. The van der Waals surface area contributed by atoms with Gasteiger partial charge in [0.2, 0.25) is 0 Å². The van der Waals surface area contributed by atoms with Gasteiger partial charge < -0.3 is 89.1 Å². The maximum absolute atomic E-state index is 4.93. The molecule has 8 aliphatic rings. The van der Waals surface area contributed by atoms with Gasteiger partial charge >= 0.3 is 127 Å². The summed E-state index contributed by atoms with van der Waals surface area (Å²) >= 11 is -1.65. The molecule has 0 radical (unpaired) electrons. The number of allylic oxidation sites excluding steroid dienone is 24. The fraction of sp³-hybridized carbons (Fsp3) is 0.345. The molecule has 0 heterocycles. The van der Waals surface area contributed by atoms with Gasteiger partial charge in [0.15, 0.2) is 0 Å².